The van der Waals surface area contributed by atoms with Crippen molar-refractivity contribution in [3.8, 4) is 0 Å². The van der Waals surface area contributed by atoms with Gasteiger partial charge in [0.1, 0.15) is 0 Å². The van der Waals surface area contributed by atoms with E-state index in [0.29, 0.717) is 19.2 Å². The van der Waals surface area contributed by atoms with Gasteiger partial charge in [-0.1, -0.05) is 0 Å². The van der Waals surface area contributed by atoms with Crippen LogP contribution in [0.1, 0.15) is 12.5 Å². The molecule has 1 aliphatic heterocycles. The molecule has 7 nitrogen and oxygen atoms in total. The molecule has 3 rings (SSSR count). The summed E-state index contributed by atoms with van der Waals surface area (Å²) >= 11 is 0. The van der Waals surface area contributed by atoms with Gasteiger partial charge in [-0.25, -0.2) is 13.2 Å². The van der Waals surface area contributed by atoms with Crippen molar-refractivity contribution in [2.45, 2.75) is 19.5 Å². The van der Waals surface area contributed by atoms with E-state index in [4.69, 9.17) is 0 Å². The quantitative estimate of drug-likeness (QED) is 0.649. The minimum Gasteiger partial charge on any atom is -0.346 e. The van der Waals surface area contributed by atoms with E-state index >= 15 is 0 Å². The zero-order chi connectivity index (χ0) is 22.4. The molecule has 10 heteroatoms. The molecule has 31 heavy (non-hydrogen) atoms. The summed E-state index contributed by atoms with van der Waals surface area (Å²) in [7, 11) is 0. The summed E-state index contributed by atoms with van der Waals surface area (Å²) < 4.78 is 39.8. The van der Waals surface area contributed by atoms with Crippen molar-refractivity contribution in [2.75, 3.05) is 38.0 Å². The van der Waals surface area contributed by atoms with E-state index in [0.717, 1.165) is 25.7 Å². The fourth-order valence-electron chi connectivity index (χ4n) is 3.35. The van der Waals surface area contributed by atoms with Crippen molar-refractivity contribution in [1.82, 2.24) is 20.1 Å². The molecule has 0 aliphatic carbocycles. The minimum absolute atomic E-state index is 0.344. The molecule has 2 amide bonds. The maximum absolute atomic E-state index is 13.6. The van der Waals surface area contributed by atoms with Crippen LogP contribution in [0.4, 0.5) is 18.9 Å². The molecule has 0 saturated carbocycles. The summed E-state index contributed by atoms with van der Waals surface area (Å²) in [4.78, 5) is 32.7. The number of carbonyl (C=O) groups is 2. The van der Waals surface area contributed by atoms with Gasteiger partial charge in [0, 0.05) is 45.1 Å². The first-order valence-corrected chi connectivity index (χ1v) is 9.91. The Balaban J connectivity index is 1.42. The Morgan fingerprint density at radius 1 is 1.03 bits per heavy atom. The summed E-state index contributed by atoms with van der Waals surface area (Å²) in [5.74, 6) is -5.59. The Bertz CT molecular complexity index is 921. The number of hydrogen-bond donors (Lipinski definition) is 2. The molecule has 1 aliphatic rings. The summed E-state index contributed by atoms with van der Waals surface area (Å²) in [6, 6.07) is 5.13. The Hall–Kier alpha value is -2.98. The Morgan fingerprint density at radius 3 is 2.39 bits per heavy atom. The molecule has 0 bridgehead atoms. The molecular weight excluding hydrogens is 411 g/mol. The fraction of sp³-hybridized carbons (Fsp3) is 0.381. The van der Waals surface area contributed by atoms with Gasteiger partial charge in [-0.15, -0.1) is 0 Å². The smallest absolute Gasteiger partial charge is 0.243 e. The zero-order valence-corrected chi connectivity index (χ0v) is 17.1. The van der Waals surface area contributed by atoms with E-state index in [-0.39, 0.29) is 5.91 Å². The van der Waals surface area contributed by atoms with Crippen LogP contribution in [0.15, 0.2) is 36.7 Å². The number of nitrogens with one attached hydrogen (secondary N) is 2. The summed E-state index contributed by atoms with van der Waals surface area (Å²) in [5, 5.41) is 4.61. The second-order valence-corrected chi connectivity index (χ2v) is 7.33. The van der Waals surface area contributed by atoms with Crippen LogP contribution in [0.5, 0.6) is 0 Å². The maximum atomic E-state index is 13.6. The molecule has 2 heterocycles. The highest BCUT2D eigenvalue weighted by molar-refractivity contribution is 5.95. The molecule has 1 unspecified atom stereocenters. The van der Waals surface area contributed by atoms with Crippen LogP contribution in [-0.2, 0) is 16.1 Å². The molecule has 0 spiro atoms. The molecular formula is C21H24F3N5O2. The number of benzene rings is 1. The largest absolute Gasteiger partial charge is 0.346 e. The predicted molar refractivity (Wildman–Crippen MR) is 109 cm³/mol. The van der Waals surface area contributed by atoms with Crippen LogP contribution in [0.3, 0.4) is 0 Å². The Morgan fingerprint density at radius 2 is 1.71 bits per heavy atom. The number of carbonyl (C=O) groups excluding carboxylic acids is 2. The van der Waals surface area contributed by atoms with Crippen molar-refractivity contribution < 1.29 is 22.8 Å². The fourth-order valence-corrected chi connectivity index (χ4v) is 3.35. The molecule has 166 valence electrons. The monoisotopic (exact) mass is 435 g/mol. The van der Waals surface area contributed by atoms with Gasteiger partial charge >= 0.3 is 0 Å². The highest BCUT2D eigenvalue weighted by atomic mass is 19.2. The lowest BCUT2D eigenvalue weighted by Crippen LogP contribution is -2.54. The van der Waals surface area contributed by atoms with Crippen LogP contribution in [0.25, 0.3) is 0 Å². The first-order valence-electron chi connectivity index (χ1n) is 9.91. The molecule has 1 saturated heterocycles. The van der Waals surface area contributed by atoms with Crippen molar-refractivity contribution in [2.24, 2.45) is 0 Å². The summed E-state index contributed by atoms with van der Waals surface area (Å²) in [6.07, 6.45) is 3.52. The summed E-state index contributed by atoms with van der Waals surface area (Å²) in [6.45, 7) is 5.16. The molecule has 1 aromatic carbocycles. The van der Waals surface area contributed by atoms with Gasteiger partial charge in [-0.05, 0) is 36.8 Å². The van der Waals surface area contributed by atoms with Gasteiger partial charge in [-0.2, -0.15) is 0 Å². The molecule has 1 aromatic heterocycles. The van der Waals surface area contributed by atoms with Gasteiger partial charge in [0.15, 0.2) is 17.5 Å². The normalized spacial score (nSPS) is 16.0. The van der Waals surface area contributed by atoms with Crippen molar-refractivity contribution in [3.63, 3.8) is 0 Å². The zero-order valence-electron chi connectivity index (χ0n) is 17.1. The van der Waals surface area contributed by atoms with E-state index in [1.54, 1.807) is 19.3 Å². The van der Waals surface area contributed by atoms with Crippen LogP contribution in [0.2, 0.25) is 0 Å². The second kappa shape index (κ2) is 10.4. The van der Waals surface area contributed by atoms with E-state index in [1.165, 1.54) is 5.56 Å². The number of halogens is 3. The highest BCUT2D eigenvalue weighted by Crippen LogP contribution is 2.19. The third kappa shape index (κ3) is 6.02. The number of nitrogens with zero attached hydrogens (tertiary/aromatic N) is 3. The molecule has 1 fully saturated rings. The number of pyridine rings is 1. The lowest BCUT2D eigenvalue weighted by Gasteiger charge is -2.37. The predicted octanol–water partition coefficient (Wildman–Crippen LogP) is 1.76. The topological polar surface area (TPSA) is 77.6 Å². The van der Waals surface area contributed by atoms with E-state index in [1.807, 2.05) is 17.0 Å². The van der Waals surface area contributed by atoms with E-state index in [9.17, 15) is 22.8 Å². The number of hydrogen-bond acceptors (Lipinski definition) is 5. The summed E-state index contributed by atoms with van der Waals surface area (Å²) in [5.41, 5.74) is 0.689. The minimum atomic E-state index is -1.67. The third-order valence-electron chi connectivity index (χ3n) is 5.22. The molecule has 0 radical (unpaired) electrons. The van der Waals surface area contributed by atoms with Gasteiger partial charge in [-0.3, -0.25) is 24.4 Å². The Labute approximate surface area is 178 Å². The second-order valence-electron chi connectivity index (χ2n) is 7.33. The average Bonchev–Trinajstić information content (AvgIpc) is 2.78. The average molecular weight is 435 g/mol. The highest BCUT2D eigenvalue weighted by Gasteiger charge is 2.26. The van der Waals surface area contributed by atoms with Crippen molar-refractivity contribution in [1.29, 1.82) is 0 Å². The first-order chi connectivity index (χ1) is 14.8. The van der Waals surface area contributed by atoms with Gasteiger partial charge in [0.2, 0.25) is 11.8 Å². The van der Waals surface area contributed by atoms with Gasteiger partial charge < -0.3 is 10.6 Å². The van der Waals surface area contributed by atoms with Crippen LogP contribution in [-0.4, -0.2) is 65.4 Å². The number of piperazine rings is 1. The van der Waals surface area contributed by atoms with Crippen molar-refractivity contribution >= 4 is 17.5 Å². The molecule has 1 atom stereocenters. The molecule has 2 aromatic rings. The lowest BCUT2D eigenvalue weighted by atomic mass is 10.2. The number of amides is 2. The van der Waals surface area contributed by atoms with E-state index in [2.05, 4.69) is 20.5 Å². The maximum Gasteiger partial charge on any atom is 0.243 e. The molecule has 2 N–H and O–H groups in total. The lowest BCUT2D eigenvalue weighted by molar-refractivity contribution is -0.128. The Kier molecular flexibility index (Phi) is 7.59. The van der Waals surface area contributed by atoms with Crippen LogP contribution < -0.4 is 10.6 Å². The van der Waals surface area contributed by atoms with Gasteiger partial charge in [0.25, 0.3) is 0 Å². The van der Waals surface area contributed by atoms with Gasteiger partial charge in [0.05, 0.1) is 18.3 Å². The standard InChI is InChI=1S/C21H24F3N5O2/c1-14(29-10-8-28(9-11-29)13-15-4-6-25-7-5-15)21(31)26-12-18(30)27-17-3-2-16(22)19(23)20(17)24/h2-7,14H,8-13H2,1H3,(H,26,31)(H,27,30). The first kappa shape index (κ1) is 22.7. The third-order valence-corrected chi connectivity index (χ3v) is 5.22. The SMILES string of the molecule is CC(C(=O)NCC(=O)Nc1ccc(F)c(F)c1F)N1CCN(Cc2ccncc2)CC1. The number of rotatable bonds is 7. The van der Waals surface area contributed by atoms with E-state index < -0.39 is 41.6 Å². The van der Waals surface area contributed by atoms with Crippen LogP contribution in [0, 0.1) is 17.5 Å². The van der Waals surface area contributed by atoms with Crippen LogP contribution >= 0.6 is 0 Å². The number of anilines is 1. The number of aromatic nitrogens is 1. The van der Waals surface area contributed by atoms with Crippen molar-refractivity contribution in [3.05, 3.63) is 59.7 Å².